The highest BCUT2D eigenvalue weighted by atomic mass is 16.3. The average Bonchev–Trinajstić information content (AvgIpc) is 2.86. The van der Waals surface area contributed by atoms with E-state index in [1.54, 1.807) is 0 Å². The van der Waals surface area contributed by atoms with Gasteiger partial charge in [-0.25, -0.2) is 0 Å². The second-order valence-electron chi connectivity index (χ2n) is 8.85. The van der Waals surface area contributed by atoms with E-state index in [1.807, 2.05) is 27.7 Å². The number of aliphatic hydroxyl groups is 1. The fourth-order valence-corrected chi connectivity index (χ4v) is 4.39. The Labute approximate surface area is 205 Å². The Balaban J connectivity index is 0.00000242. The molecule has 0 spiro atoms. The standard InChI is InChI=1S/C26H41NO2.2C2H6/c1-4-5-6-7-8-9-10-12-15-22-21(2)18-19-26(3)23(22)16-13-11-14-17-25(29)27-20-24(26)28;2*1-2/h8-9,12,15,18-19,21,24,28H,4-7,10-11,13-14,16-17,20H2,1-3H3,(H,27,29);2*1-2H3/b9-8-,15-12-;;. The molecule has 190 valence electrons. The summed E-state index contributed by atoms with van der Waals surface area (Å²) in [4.78, 5) is 12.0. The summed E-state index contributed by atoms with van der Waals surface area (Å²) in [6, 6.07) is 0. The fourth-order valence-electron chi connectivity index (χ4n) is 4.39. The lowest BCUT2D eigenvalue weighted by molar-refractivity contribution is -0.121. The Hall–Kier alpha value is -1.61. The molecule has 0 saturated carbocycles. The van der Waals surface area contributed by atoms with Crippen LogP contribution in [0.4, 0.5) is 0 Å². The van der Waals surface area contributed by atoms with Gasteiger partial charge in [0.1, 0.15) is 0 Å². The number of unbranched alkanes of at least 4 members (excludes halogenated alkanes) is 3. The van der Waals surface area contributed by atoms with Gasteiger partial charge in [0, 0.05) is 18.4 Å². The summed E-state index contributed by atoms with van der Waals surface area (Å²) in [5.41, 5.74) is 2.28. The van der Waals surface area contributed by atoms with Crippen molar-refractivity contribution >= 4 is 5.91 Å². The molecule has 3 heteroatoms. The van der Waals surface area contributed by atoms with Crippen LogP contribution in [0.5, 0.6) is 0 Å². The van der Waals surface area contributed by atoms with E-state index < -0.39 is 11.5 Å². The molecular weight excluding hydrogens is 406 g/mol. The van der Waals surface area contributed by atoms with Gasteiger partial charge >= 0.3 is 0 Å². The molecule has 3 atom stereocenters. The van der Waals surface area contributed by atoms with Crippen LogP contribution in [-0.2, 0) is 4.79 Å². The molecule has 2 aliphatic rings. The maximum absolute atomic E-state index is 12.0. The van der Waals surface area contributed by atoms with E-state index in [-0.39, 0.29) is 5.91 Å². The summed E-state index contributed by atoms with van der Waals surface area (Å²) in [5, 5.41) is 13.9. The molecule has 2 N–H and O–H groups in total. The smallest absolute Gasteiger partial charge is 0.220 e. The highest BCUT2D eigenvalue weighted by Crippen LogP contribution is 2.44. The van der Waals surface area contributed by atoms with Crippen LogP contribution in [0, 0.1) is 11.3 Å². The number of hydrogen-bond donors (Lipinski definition) is 2. The molecular formula is C30H53NO2. The van der Waals surface area contributed by atoms with Gasteiger partial charge in [-0.15, -0.1) is 0 Å². The van der Waals surface area contributed by atoms with Crippen LogP contribution in [0.2, 0.25) is 0 Å². The zero-order valence-electron chi connectivity index (χ0n) is 22.8. The second kappa shape index (κ2) is 18.8. The van der Waals surface area contributed by atoms with E-state index in [0.717, 1.165) is 32.1 Å². The topological polar surface area (TPSA) is 49.3 Å². The molecule has 1 saturated heterocycles. The van der Waals surface area contributed by atoms with Crippen molar-refractivity contribution in [2.75, 3.05) is 6.54 Å². The monoisotopic (exact) mass is 459 g/mol. The van der Waals surface area contributed by atoms with Crippen molar-refractivity contribution in [3.63, 3.8) is 0 Å². The van der Waals surface area contributed by atoms with Crippen LogP contribution in [0.3, 0.4) is 0 Å². The zero-order chi connectivity index (χ0) is 25.1. The van der Waals surface area contributed by atoms with Crippen molar-refractivity contribution in [1.82, 2.24) is 5.32 Å². The first kappa shape index (κ1) is 31.4. The predicted octanol–water partition coefficient (Wildman–Crippen LogP) is 8.07. The molecule has 1 amide bonds. The van der Waals surface area contributed by atoms with Crippen LogP contribution in [0.1, 0.15) is 113 Å². The number of hydrogen-bond acceptors (Lipinski definition) is 2. The minimum Gasteiger partial charge on any atom is -0.390 e. The first-order valence-corrected chi connectivity index (χ1v) is 13.7. The predicted molar refractivity (Wildman–Crippen MR) is 145 cm³/mol. The third-order valence-electron chi connectivity index (χ3n) is 6.45. The summed E-state index contributed by atoms with van der Waals surface area (Å²) in [7, 11) is 0. The van der Waals surface area contributed by atoms with Gasteiger partial charge in [-0.05, 0) is 56.9 Å². The number of carbonyl (C=O) groups is 1. The molecule has 0 bridgehead atoms. The Morgan fingerprint density at radius 2 is 1.76 bits per heavy atom. The summed E-state index contributed by atoms with van der Waals surface area (Å²) < 4.78 is 0. The van der Waals surface area contributed by atoms with Crippen molar-refractivity contribution in [2.24, 2.45) is 11.3 Å². The number of rotatable bonds is 7. The molecule has 0 aromatic rings. The molecule has 1 aliphatic heterocycles. The number of amides is 1. The highest BCUT2D eigenvalue weighted by molar-refractivity contribution is 5.75. The van der Waals surface area contributed by atoms with E-state index in [9.17, 15) is 9.90 Å². The first-order valence-electron chi connectivity index (χ1n) is 13.7. The Kier molecular flexibility index (Phi) is 17.9. The molecule has 1 heterocycles. The molecule has 3 nitrogen and oxygen atoms in total. The maximum Gasteiger partial charge on any atom is 0.220 e. The zero-order valence-corrected chi connectivity index (χ0v) is 22.8. The van der Waals surface area contributed by atoms with Gasteiger partial charge in [-0.2, -0.15) is 0 Å². The lowest BCUT2D eigenvalue weighted by Crippen LogP contribution is -2.43. The van der Waals surface area contributed by atoms with Crippen LogP contribution < -0.4 is 5.32 Å². The summed E-state index contributed by atoms with van der Waals surface area (Å²) in [6.45, 7) is 14.9. The van der Waals surface area contributed by atoms with Crippen molar-refractivity contribution in [1.29, 1.82) is 0 Å². The summed E-state index contributed by atoms with van der Waals surface area (Å²) >= 11 is 0. The van der Waals surface area contributed by atoms with E-state index >= 15 is 0 Å². The average molecular weight is 460 g/mol. The highest BCUT2D eigenvalue weighted by Gasteiger charge is 2.38. The lowest BCUT2D eigenvalue weighted by atomic mass is 9.67. The van der Waals surface area contributed by atoms with Crippen LogP contribution >= 0.6 is 0 Å². The van der Waals surface area contributed by atoms with Crippen LogP contribution in [0.15, 0.2) is 47.6 Å². The number of nitrogens with one attached hydrogen (secondary N) is 1. The number of allylic oxidation sites excluding steroid dienone is 6. The van der Waals surface area contributed by atoms with Crippen molar-refractivity contribution in [3.05, 3.63) is 47.6 Å². The van der Waals surface area contributed by atoms with E-state index in [1.165, 1.54) is 36.8 Å². The number of aliphatic hydroxyl groups excluding tert-OH is 1. The summed E-state index contributed by atoms with van der Waals surface area (Å²) in [5.74, 6) is 0.411. The van der Waals surface area contributed by atoms with Crippen molar-refractivity contribution < 1.29 is 9.90 Å². The van der Waals surface area contributed by atoms with E-state index in [0.29, 0.717) is 18.9 Å². The minimum absolute atomic E-state index is 0.0547. The van der Waals surface area contributed by atoms with Gasteiger partial charge < -0.3 is 10.4 Å². The number of carbonyl (C=O) groups excluding carboxylic acids is 1. The van der Waals surface area contributed by atoms with Gasteiger partial charge in [-0.1, -0.05) is 103 Å². The Morgan fingerprint density at radius 1 is 1.06 bits per heavy atom. The third kappa shape index (κ3) is 10.9. The van der Waals surface area contributed by atoms with Gasteiger partial charge in [-0.3, -0.25) is 4.79 Å². The van der Waals surface area contributed by atoms with Gasteiger partial charge in [0.15, 0.2) is 0 Å². The Bertz CT molecular complexity index is 644. The van der Waals surface area contributed by atoms with Crippen LogP contribution in [-0.4, -0.2) is 23.7 Å². The second-order valence-corrected chi connectivity index (χ2v) is 8.85. The molecule has 2 rings (SSSR count). The number of β-amino-alcohol motifs (C(OH)–C–C–N with tert-alkyl or cyclic N) is 1. The fraction of sp³-hybridized carbons (Fsp3) is 0.700. The van der Waals surface area contributed by atoms with E-state index in [2.05, 4.69) is 62.5 Å². The molecule has 0 radical (unpaired) electrons. The molecule has 3 unspecified atom stereocenters. The largest absolute Gasteiger partial charge is 0.390 e. The maximum atomic E-state index is 12.0. The van der Waals surface area contributed by atoms with Gasteiger partial charge in [0.2, 0.25) is 5.91 Å². The molecule has 33 heavy (non-hydrogen) atoms. The Morgan fingerprint density at radius 3 is 2.45 bits per heavy atom. The quantitative estimate of drug-likeness (QED) is 0.299. The molecule has 0 aromatic heterocycles. The van der Waals surface area contributed by atoms with Crippen molar-refractivity contribution in [3.8, 4) is 0 Å². The summed E-state index contributed by atoms with van der Waals surface area (Å²) in [6.07, 6.45) is 23.5. The van der Waals surface area contributed by atoms with Crippen molar-refractivity contribution in [2.45, 2.75) is 119 Å². The number of fused-ring (bicyclic) bond motifs is 1. The van der Waals surface area contributed by atoms with Crippen LogP contribution in [0.25, 0.3) is 0 Å². The van der Waals surface area contributed by atoms with Gasteiger partial charge in [0.25, 0.3) is 0 Å². The third-order valence-corrected chi connectivity index (χ3v) is 6.45. The minimum atomic E-state index is -0.606. The molecule has 1 aliphatic carbocycles. The SMILES string of the molecule is CC.CC.CCCCC/C=C\C/C=C\C1=C2CCCCCC(=O)NCC(O)C2(C)C=CC1C. The molecule has 0 aromatic carbocycles. The normalized spacial score (nSPS) is 26.0. The van der Waals surface area contributed by atoms with Gasteiger partial charge in [0.05, 0.1) is 6.10 Å². The lowest BCUT2D eigenvalue weighted by Gasteiger charge is -2.40. The van der Waals surface area contributed by atoms with E-state index in [4.69, 9.17) is 0 Å². The first-order chi connectivity index (χ1) is 16.0. The molecule has 1 fully saturated rings.